The first-order valence-electron chi connectivity index (χ1n) is 6.78. The molecular weight excluding hydrogens is 254 g/mol. The molecule has 1 aliphatic heterocycles. The number of benzene rings is 1. The summed E-state index contributed by atoms with van der Waals surface area (Å²) in [6, 6.07) is 5.30. The molecule has 0 spiro atoms. The molecule has 0 unspecified atom stereocenters. The van der Waals surface area contributed by atoms with Crippen LogP contribution < -0.4 is 9.47 Å². The van der Waals surface area contributed by atoms with E-state index < -0.39 is 0 Å². The van der Waals surface area contributed by atoms with Gasteiger partial charge < -0.3 is 14.4 Å². The summed E-state index contributed by atoms with van der Waals surface area (Å²) in [4.78, 5) is 14.7. The molecule has 20 heavy (non-hydrogen) atoms. The molecule has 0 saturated carbocycles. The second-order valence-corrected chi connectivity index (χ2v) is 6.40. The Morgan fingerprint density at radius 2 is 1.80 bits per heavy atom. The number of likely N-dealkylation sites (tertiary alicyclic amines) is 1. The smallest absolute Gasteiger partial charge is 0.258 e. The predicted octanol–water partition coefficient (Wildman–Crippen LogP) is 2.96. The van der Waals surface area contributed by atoms with Gasteiger partial charge in [0, 0.05) is 17.5 Å². The number of carbonyl (C=O) groups excluding carboxylic acids is 1. The molecule has 110 valence electrons. The summed E-state index contributed by atoms with van der Waals surface area (Å²) < 4.78 is 10.5. The lowest BCUT2D eigenvalue weighted by Crippen LogP contribution is -2.70. The van der Waals surface area contributed by atoms with E-state index in [1.165, 1.54) is 0 Å². The number of hydrogen-bond acceptors (Lipinski definition) is 3. The summed E-state index contributed by atoms with van der Waals surface area (Å²) in [5.74, 6) is 1.23. The van der Waals surface area contributed by atoms with Gasteiger partial charge in [0.1, 0.15) is 11.5 Å². The largest absolute Gasteiger partial charge is 0.497 e. The molecular formula is C16H23NO3. The number of ether oxygens (including phenoxy) is 2. The second kappa shape index (κ2) is 4.69. The zero-order chi connectivity index (χ0) is 15.1. The maximum atomic E-state index is 12.8. The van der Waals surface area contributed by atoms with E-state index in [4.69, 9.17) is 9.47 Å². The average molecular weight is 277 g/mol. The van der Waals surface area contributed by atoms with Crippen LogP contribution in [0.5, 0.6) is 11.5 Å². The Morgan fingerprint density at radius 1 is 1.15 bits per heavy atom. The van der Waals surface area contributed by atoms with Crippen molar-refractivity contribution >= 4 is 5.91 Å². The van der Waals surface area contributed by atoms with Crippen LogP contribution in [-0.2, 0) is 0 Å². The quantitative estimate of drug-likeness (QED) is 0.852. The maximum Gasteiger partial charge on any atom is 0.258 e. The van der Waals surface area contributed by atoms with E-state index in [1.54, 1.807) is 32.4 Å². The predicted molar refractivity (Wildman–Crippen MR) is 78.4 cm³/mol. The summed E-state index contributed by atoms with van der Waals surface area (Å²) in [5, 5.41) is 0. The Labute approximate surface area is 120 Å². The molecule has 4 nitrogen and oxygen atoms in total. The first kappa shape index (κ1) is 14.7. The van der Waals surface area contributed by atoms with Crippen LogP contribution in [0.25, 0.3) is 0 Å². The number of methoxy groups -OCH3 is 2. The molecule has 1 aliphatic rings. The zero-order valence-electron chi connectivity index (χ0n) is 13.1. The van der Waals surface area contributed by atoms with Crippen LogP contribution in [0.2, 0.25) is 0 Å². The zero-order valence-corrected chi connectivity index (χ0v) is 13.1. The highest BCUT2D eigenvalue weighted by molar-refractivity contribution is 5.98. The maximum absolute atomic E-state index is 12.8. The van der Waals surface area contributed by atoms with Gasteiger partial charge in [0.15, 0.2) is 0 Å². The van der Waals surface area contributed by atoms with Crippen LogP contribution in [0, 0.1) is 5.41 Å². The van der Waals surface area contributed by atoms with E-state index >= 15 is 0 Å². The van der Waals surface area contributed by atoms with Gasteiger partial charge in [0.2, 0.25) is 0 Å². The van der Waals surface area contributed by atoms with Crippen molar-refractivity contribution in [2.75, 3.05) is 20.8 Å². The van der Waals surface area contributed by atoms with Crippen LogP contribution in [0.4, 0.5) is 0 Å². The fraction of sp³-hybridized carbons (Fsp3) is 0.562. The molecule has 0 atom stereocenters. The fourth-order valence-electron chi connectivity index (χ4n) is 2.51. The van der Waals surface area contributed by atoms with Crippen LogP contribution in [-0.4, -0.2) is 37.1 Å². The van der Waals surface area contributed by atoms with Gasteiger partial charge >= 0.3 is 0 Å². The van der Waals surface area contributed by atoms with Crippen molar-refractivity contribution in [2.45, 2.75) is 33.2 Å². The summed E-state index contributed by atoms with van der Waals surface area (Å²) in [6.45, 7) is 9.31. The molecule has 0 radical (unpaired) electrons. The minimum absolute atomic E-state index is 0.00919. The molecule has 0 aliphatic carbocycles. The van der Waals surface area contributed by atoms with Crippen molar-refractivity contribution in [3.05, 3.63) is 23.8 Å². The van der Waals surface area contributed by atoms with Crippen molar-refractivity contribution in [1.29, 1.82) is 0 Å². The third-order valence-corrected chi connectivity index (χ3v) is 4.77. The molecule has 2 rings (SSSR count). The Balaban J connectivity index is 2.35. The molecule has 1 amide bonds. The lowest BCUT2D eigenvalue weighted by Gasteiger charge is -2.61. The Kier molecular flexibility index (Phi) is 3.44. The minimum Gasteiger partial charge on any atom is -0.497 e. The molecule has 1 heterocycles. The number of carbonyl (C=O) groups is 1. The van der Waals surface area contributed by atoms with Gasteiger partial charge in [-0.15, -0.1) is 0 Å². The second-order valence-electron chi connectivity index (χ2n) is 6.40. The van der Waals surface area contributed by atoms with Crippen molar-refractivity contribution < 1.29 is 14.3 Å². The number of amides is 1. The van der Waals surface area contributed by atoms with Gasteiger partial charge in [0.05, 0.1) is 19.8 Å². The molecule has 0 bridgehead atoms. The Hall–Kier alpha value is -1.71. The van der Waals surface area contributed by atoms with Crippen molar-refractivity contribution in [3.63, 3.8) is 0 Å². The highest BCUT2D eigenvalue weighted by Gasteiger charge is 2.54. The molecule has 0 aromatic heterocycles. The monoisotopic (exact) mass is 277 g/mol. The SMILES string of the molecule is COc1ccc(OC)c(C(=O)N2CC(C)(C)C2(C)C)c1. The van der Waals surface area contributed by atoms with E-state index in [-0.39, 0.29) is 16.9 Å². The third-order valence-electron chi connectivity index (χ3n) is 4.77. The molecule has 1 fully saturated rings. The van der Waals surface area contributed by atoms with Crippen molar-refractivity contribution in [2.24, 2.45) is 5.41 Å². The van der Waals surface area contributed by atoms with E-state index in [1.807, 2.05) is 4.90 Å². The van der Waals surface area contributed by atoms with Gasteiger partial charge in [-0.05, 0) is 32.0 Å². The first-order valence-corrected chi connectivity index (χ1v) is 6.78. The summed E-state index contributed by atoms with van der Waals surface area (Å²) in [7, 11) is 3.16. The third kappa shape index (κ3) is 2.03. The van der Waals surface area contributed by atoms with Crippen LogP contribution in [0.3, 0.4) is 0 Å². The number of hydrogen-bond donors (Lipinski definition) is 0. The molecule has 1 aromatic carbocycles. The van der Waals surface area contributed by atoms with Gasteiger partial charge in [-0.3, -0.25) is 4.79 Å². The molecule has 4 heteroatoms. The summed E-state index contributed by atoms with van der Waals surface area (Å²) >= 11 is 0. The van der Waals surface area contributed by atoms with E-state index in [9.17, 15) is 4.79 Å². The van der Waals surface area contributed by atoms with Gasteiger partial charge in [-0.25, -0.2) is 0 Å². The average Bonchev–Trinajstić information content (AvgIpc) is 2.43. The topological polar surface area (TPSA) is 38.8 Å². The highest BCUT2D eigenvalue weighted by atomic mass is 16.5. The Morgan fingerprint density at radius 3 is 2.25 bits per heavy atom. The fourth-order valence-corrected chi connectivity index (χ4v) is 2.51. The first-order chi connectivity index (χ1) is 9.24. The number of nitrogens with zero attached hydrogens (tertiary/aromatic N) is 1. The van der Waals surface area contributed by atoms with Crippen molar-refractivity contribution in [1.82, 2.24) is 4.90 Å². The number of rotatable bonds is 3. The molecule has 0 N–H and O–H groups in total. The van der Waals surface area contributed by atoms with Crippen LogP contribution in [0.15, 0.2) is 18.2 Å². The highest BCUT2D eigenvalue weighted by Crippen LogP contribution is 2.47. The van der Waals surface area contributed by atoms with E-state index in [2.05, 4.69) is 27.7 Å². The summed E-state index contributed by atoms with van der Waals surface area (Å²) in [6.07, 6.45) is 0. The van der Waals surface area contributed by atoms with E-state index in [0.717, 1.165) is 6.54 Å². The normalized spacial score (nSPS) is 19.2. The standard InChI is InChI=1S/C16H23NO3/c1-15(2)10-17(16(15,3)4)14(18)12-9-11(19-5)7-8-13(12)20-6/h7-9H,10H2,1-6H3. The van der Waals surface area contributed by atoms with Crippen molar-refractivity contribution in [3.8, 4) is 11.5 Å². The summed E-state index contributed by atoms with van der Waals surface area (Å²) in [5.41, 5.74) is 0.503. The van der Waals surface area contributed by atoms with Crippen LogP contribution in [0.1, 0.15) is 38.1 Å². The van der Waals surface area contributed by atoms with Gasteiger partial charge in [-0.2, -0.15) is 0 Å². The van der Waals surface area contributed by atoms with E-state index in [0.29, 0.717) is 17.1 Å². The lowest BCUT2D eigenvalue weighted by atomic mass is 9.65. The Bertz CT molecular complexity index is 535. The van der Waals surface area contributed by atoms with Gasteiger partial charge in [-0.1, -0.05) is 13.8 Å². The van der Waals surface area contributed by atoms with Crippen LogP contribution >= 0.6 is 0 Å². The lowest BCUT2D eigenvalue weighted by molar-refractivity contribution is -0.0882. The van der Waals surface area contributed by atoms with Gasteiger partial charge in [0.25, 0.3) is 5.91 Å². The molecule has 1 aromatic rings. The molecule has 1 saturated heterocycles. The minimum atomic E-state index is -0.168.